The lowest BCUT2D eigenvalue weighted by Crippen LogP contribution is -2.29. The highest BCUT2D eigenvalue weighted by Gasteiger charge is 2.17. The van der Waals surface area contributed by atoms with E-state index in [-0.39, 0.29) is 11.4 Å². The van der Waals surface area contributed by atoms with Crippen molar-refractivity contribution in [2.75, 3.05) is 39.8 Å². The summed E-state index contributed by atoms with van der Waals surface area (Å²) in [7, 11) is -2.01. The number of H-pyrrole nitrogens is 1. The molecule has 210 valence electrons. The van der Waals surface area contributed by atoms with Gasteiger partial charge < -0.3 is 19.9 Å². The Morgan fingerprint density at radius 3 is 2.33 bits per heavy atom. The number of hydrogen-bond donors (Lipinski definition) is 3. The molecular weight excluding hydrogens is 522 g/mol. The second-order valence-electron chi connectivity index (χ2n) is 10.0. The molecule has 4 aromatic rings. The largest absolute Gasteiger partial charge is 0.497 e. The normalized spacial score (nSPS) is 14.0. The first-order valence-electron chi connectivity index (χ1n) is 13.8. The van der Waals surface area contributed by atoms with Crippen molar-refractivity contribution in [2.45, 2.75) is 30.7 Å². The Labute approximate surface area is 236 Å². The Kier molecular flexibility index (Phi) is 9.28. The molecule has 1 aliphatic rings. The molecule has 0 spiro atoms. The summed E-state index contributed by atoms with van der Waals surface area (Å²) in [5.41, 5.74) is 4.64. The van der Waals surface area contributed by atoms with E-state index in [1.54, 1.807) is 19.2 Å². The number of methoxy groups -OCH3 is 1. The Morgan fingerprint density at radius 2 is 1.62 bits per heavy atom. The number of rotatable bonds is 13. The summed E-state index contributed by atoms with van der Waals surface area (Å²) in [6.45, 7) is 5.32. The van der Waals surface area contributed by atoms with E-state index in [0.29, 0.717) is 6.42 Å². The molecule has 0 saturated carbocycles. The molecule has 0 amide bonds. The molecule has 1 aromatic heterocycles. The van der Waals surface area contributed by atoms with Crippen LogP contribution in [0.3, 0.4) is 0 Å². The number of ether oxygens (including phenoxy) is 1. The van der Waals surface area contributed by atoms with Gasteiger partial charge in [-0.1, -0.05) is 42.5 Å². The average molecular weight is 560 g/mol. The van der Waals surface area contributed by atoms with Gasteiger partial charge in [-0.2, -0.15) is 0 Å². The number of likely N-dealkylation sites (tertiary alicyclic amines) is 1. The molecule has 1 fully saturated rings. The predicted octanol–water partition coefficient (Wildman–Crippen LogP) is 4.46. The Bertz CT molecular complexity index is 1460. The highest BCUT2D eigenvalue weighted by molar-refractivity contribution is 7.89. The third-order valence-corrected chi connectivity index (χ3v) is 8.70. The number of benzene rings is 3. The minimum absolute atomic E-state index is 0.227. The molecule has 0 radical (unpaired) electrons. The van der Waals surface area contributed by atoms with Crippen LogP contribution in [0.25, 0.3) is 22.6 Å². The summed E-state index contributed by atoms with van der Waals surface area (Å²) in [5.74, 6) is 1.51. The Hall–Kier alpha value is -3.50. The van der Waals surface area contributed by atoms with Crippen LogP contribution in [0.15, 0.2) is 83.8 Å². The number of nitrogens with one attached hydrogen (secondary N) is 3. The zero-order valence-corrected chi connectivity index (χ0v) is 23.7. The maximum atomic E-state index is 13.0. The maximum absolute atomic E-state index is 13.0. The zero-order chi connectivity index (χ0) is 27.8. The Morgan fingerprint density at radius 1 is 0.900 bits per heavy atom. The van der Waals surface area contributed by atoms with Crippen LogP contribution in [0.2, 0.25) is 0 Å². The lowest BCUT2D eigenvalue weighted by Gasteiger charge is -2.14. The third kappa shape index (κ3) is 7.17. The Balaban J connectivity index is 1.21. The average Bonchev–Trinajstić information content (AvgIpc) is 3.67. The second kappa shape index (κ2) is 13.2. The van der Waals surface area contributed by atoms with Crippen molar-refractivity contribution in [3.63, 3.8) is 0 Å². The van der Waals surface area contributed by atoms with Gasteiger partial charge in [0.15, 0.2) is 0 Å². The van der Waals surface area contributed by atoms with Crippen LogP contribution in [0.1, 0.15) is 24.1 Å². The molecule has 0 atom stereocenters. The van der Waals surface area contributed by atoms with Crippen molar-refractivity contribution < 1.29 is 13.2 Å². The van der Waals surface area contributed by atoms with E-state index in [0.717, 1.165) is 59.3 Å². The highest BCUT2D eigenvalue weighted by atomic mass is 32.2. The lowest BCUT2D eigenvalue weighted by molar-refractivity contribution is 0.335. The van der Waals surface area contributed by atoms with Crippen molar-refractivity contribution in [2.24, 2.45) is 0 Å². The van der Waals surface area contributed by atoms with E-state index in [2.05, 4.69) is 19.9 Å². The van der Waals surface area contributed by atoms with Crippen LogP contribution >= 0.6 is 0 Å². The van der Waals surface area contributed by atoms with Gasteiger partial charge in [0.05, 0.1) is 23.4 Å². The summed E-state index contributed by atoms with van der Waals surface area (Å²) >= 11 is 0. The second-order valence-corrected chi connectivity index (χ2v) is 11.8. The third-order valence-electron chi connectivity index (χ3n) is 7.22. The minimum atomic E-state index is -3.65. The van der Waals surface area contributed by atoms with Gasteiger partial charge in [-0.25, -0.2) is 18.1 Å². The summed E-state index contributed by atoms with van der Waals surface area (Å²) in [5, 5.41) is 3.45. The van der Waals surface area contributed by atoms with Crippen molar-refractivity contribution in [3.05, 3.63) is 90.1 Å². The van der Waals surface area contributed by atoms with Gasteiger partial charge in [0.2, 0.25) is 10.0 Å². The van der Waals surface area contributed by atoms with E-state index in [1.165, 1.54) is 25.9 Å². The first-order valence-corrected chi connectivity index (χ1v) is 15.3. The highest BCUT2D eigenvalue weighted by Crippen LogP contribution is 2.28. The van der Waals surface area contributed by atoms with Crippen LogP contribution in [-0.2, 0) is 23.0 Å². The van der Waals surface area contributed by atoms with E-state index in [9.17, 15) is 8.42 Å². The molecule has 8 nitrogen and oxygen atoms in total. The molecule has 9 heteroatoms. The van der Waals surface area contributed by atoms with Crippen molar-refractivity contribution in [1.82, 2.24) is 24.9 Å². The topological polar surface area (TPSA) is 99.3 Å². The molecule has 1 aliphatic heterocycles. The van der Waals surface area contributed by atoms with E-state index < -0.39 is 10.0 Å². The van der Waals surface area contributed by atoms with Crippen LogP contribution in [0.4, 0.5) is 0 Å². The zero-order valence-electron chi connectivity index (χ0n) is 22.9. The van der Waals surface area contributed by atoms with Crippen LogP contribution in [0.5, 0.6) is 5.75 Å². The first kappa shape index (κ1) is 28.0. The number of nitrogens with zero attached hydrogens (tertiary/aromatic N) is 2. The summed E-state index contributed by atoms with van der Waals surface area (Å²) in [4.78, 5) is 11.0. The first-order chi connectivity index (χ1) is 19.5. The van der Waals surface area contributed by atoms with Crippen LogP contribution < -0.4 is 14.8 Å². The number of imidazole rings is 1. The molecule has 0 aliphatic carbocycles. The fourth-order valence-electron chi connectivity index (χ4n) is 4.97. The lowest BCUT2D eigenvalue weighted by atomic mass is 10.1. The van der Waals surface area contributed by atoms with Gasteiger partial charge in [0.25, 0.3) is 0 Å². The number of sulfonamides is 1. The SMILES string of the molecule is COc1ccc(-c2[nH]c(-c3ccccc3)nc2CCNS(=O)(=O)c2ccc(CNCCN3CCCC3)cc2)cc1. The van der Waals surface area contributed by atoms with Gasteiger partial charge >= 0.3 is 0 Å². The molecule has 0 unspecified atom stereocenters. The molecular formula is C31H37N5O3S. The van der Waals surface area contributed by atoms with Gasteiger partial charge in [-0.05, 0) is 67.9 Å². The summed E-state index contributed by atoms with van der Waals surface area (Å²) < 4.78 is 34.1. The molecule has 3 aromatic carbocycles. The summed E-state index contributed by atoms with van der Waals surface area (Å²) in [6.07, 6.45) is 3.03. The molecule has 3 N–H and O–H groups in total. The molecule has 2 heterocycles. The van der Waals surface area contributed by atoms with Crippen molar-refractivity contribution in [1.29, 1.82) is 0 Å². The van der Waals surface area contributed by atoms with E-state index in [1.807, 2.05) is 66.7 Å². The van der Waals surface area contributed by atoms with Crippen LogP contribution in [0, 0.1) is 0 Å². The van der Waals surface area contributed by atoms with Crippen LogP contribution in [-0.4, -0.2) is 63.1 Å². The number of aromatic amines is 1. The number of hydrogen-bond acceptors (Lipinski definition) is 6. The summed E-state index contributed by atoms with van der Waals surface area (Å²) in [6, 6.07) is 24.7. The monoisotopic (exact) mass is 559 g/mol. The standard InChI is InChI=1S/C31H37N5O3S/c1-39-27-13-11-25(12-14-27)30-29(34-31(35-30)26-7-3-2-4-8-26)17-18-33-40(37,38)28-15-9-24(10-16-28)23-32-19-22-36-20-5-6-21-36/h2-4,7-16,32-33H,5-6,17-23H2,1H3,(H,34,35). The quantitative estimate of drug-likeness (QED) is 0.209. The molecule has 1 saturated heterocycles. The van der Waals surface area contributed by atoms with Gasteiger partial charge in [0, 0.05) is 43.7 Å². The van der Waals surface area contributed by atoms with E-state index >= 15 is 0 Å². The smallest absolute Gasteiger partial charge is 0.240 e. The van der Waals surface area contributed by atoms with Crippen molar-refractivity contribution in [3.8, 4) is 28.4 Å². The van der Waals surface area contributed by atoms with Gasteiger partial charge in [-0.15, -0.1) is 0 Å². The molecule has 0 bridgehead atoms. The molecule has 5 rings (SSSR count). The van der Waals surface area contributed by atoms with Gasteiger partial charge in [-0.3, -0.25) is 0 Å². The van der Waals surface area contributed by atoms with E-state index in [4.69, 9.17) is 9.72 Å². The fraction of sp³-hybridized carbons (Fsp3) is 0.323. The van der Waals surface area contributed by atoms with Gasteiger partial charge in [0.1, 0.15) is 11.6 Å². The predicted molar refractivity (Wildman–Crippen MR) is 159 cm³/mol. The fourth-order valence-corrected chi connectivity index (χ4v) is 6.00. The number of aromatic nitrogens is 2. The molecule has 40 heavy (non-hydrogen) atoms. The minimum Gasteiger partial charge on any atom is -0.497 e. The maximum Gasteiger partial charge on any atom is 0.240 e. The van der Waals surface area contributed by atoms with Crippen molar-refractivity contribution >= 4 is 10.0 Å².